The molecule has 11 aromatic rings. The molecule has 1 spiro atoms. The highest BCUT2D eigenvalue weighted by Gasteiger charge is 2.66. The van der Waals surface area contributed by atoms with Gasteiger partial charge in [0.15, 0.2) is 0 Å². The van der Waals surface area contributed by atoms with Crippen LogP contribution in [0.5, 0.6) is 0 Å². The van der Waals surface area contributed by atoms with Gasteiger partial charge in [0.05, 0.1) is 16.5 Å². The summed E-state index contributed by atoms with van der Waals surface area (Å²) in [6.45, 7) is 20.2. The Kier molecular flexibility index (Phi) is 8.64. The van der Waals surface area contributed by atoms with E-state index in [9.17, 15) is 0 Å². The number of nitrogens with zero attached hydrogens (tertiary/aromatic N) is 2. The van der Waals surface area contributed by atoms with E-state index >= 15 is 0 Å². The molecular formula is C77H66N2. The van der Waals surface area contributed by atoms with E-state index in [4.69, 9.17) is 0 Å². The first kappa shape index (κ1) is 46.0. The average Bonchev–Trinajstić information content (AvgIpc) is 3.25. The van der Waals surface area contributed by atoms with Crippen LogP contribution in [0, 0.1) is 10.8 Å². The van der Waals surface area contributed by atoms with Crippen LogP contribution in [0.25, 0.3) is 76.8 Å². The molecule has 384 valence electrons. The number of para-hydroxylation sites is 2. The standard InChI is InChI=1S/C77H66N2/c1-71(2)43-73(5)63-40-51(31-36-66(63)78(75(73,7)45-71)54-20-11-9-12-21-54)49-29-33-56-57-34-30-50(52-32-37-67-64(41-52)74(6)44-72(3,4)46-76(74,8)79(67)55-22-13-10-14-23-55)39-62(57)77(61(56)38-49)60-25-16-15-24-58(60)70-59-35-28-48-19-17-18-47-26-27-53(42-65(70)77)69(59)68(47)48/h9-42H,43-46H2,1-8H3. The van der Waals surface area contributed by atoms with Gasteiger partial charge in [-0.15, -0.1) is 0 Å². The molecule has 17 rings (SSSR count). The molecule has 11 aromatic carbocycles. The van der Waals surface area contributed by atoms with E-state index in [1.807, 2.05) is 0 Å². The summed E-state index contributed by atoms with van der Waals surface area (Å²) >= 11 is 0. The summed E-state index contributed by atoms with van der Waals surface area (Å²) in [4.78, 5) is 5.40. The van der Waals surface area contributed by atoms with E-state index in [1.165, 1.54) is 133 Å². The van der Waals surface area contributed by atoms with Crippen molar-refractivity contribution in [1.82, 2.24) is 0 Å². The SMILES string of the molecule is CC1(C)CC2(C)c3cc(-c4ccc5c(c4)C4(c6cc(-c7ccc8c(c7)C7(C)CC(C)(C)CC7(C)N8c7ccccc7)ccc6-5)c5ccccc5-c5c4cc4ccc6cccc7ccc5c4c67)ccc3N(c3ccccc3)C2(C)C1. The molecule has 0 aromatic heterocycles. The second-order valence-electron chi connectivity index (χ2n) is 27.5. The van der Waals surface area contributed by atoms with Crippen LogP contribution in [0.3, 0.4) is 0 Å². The van der Waals surface area contributed by atoms with Crippen molar-refractivity contribution in [2.45, 2.75) is 108 Å². The minimum Gasteiger partial charge on any atom is -0.334 e. The predicted molar refractivity (Wildman–Crippen MR) is 332 cm³/mol. The van der Waals surface area contributed by atoms with Crippen molar-refractivity contribution >= 4 is 55.1 Å². The minimum absolute atomic E-state index is 0.0347. The molecule has 2 fully saturated rings. The van der Waals surface area contributed by atoms with E-state index in [1.54, 1.807) is 0 Å². The fourth-order valence-corrected chi connectivity index (χ4v) is 19.2. The highest BCUT2D eigenvalue weighted by Crippen LogP contribution is 2.70. The topological polar surface area (TPSA) is 6.48 Å². The lowest BCUT2D eigenvalue weighted by molar-refractivity contribution is 0.330. The third-order valence-electron chi connectivity index (χ3n) is 21.8. The van der Waals surface area contributed by atoms with Gasteiger partial charge in [0.1, 0.15) is 0 Å². The zero-order chi connectivity index (χ0) is 53.4. The van der Waals surface area contributed by atoms with Gasteiger partial charge in [-0.25, -0.2) is 0 Å². The summed E-state index contributed by atoms with van der Waals surface area (Å²) in [5, 5.41) is 8.00. The van der Waals surface area contributed by atoms with Crippen LogP contribution in [-0.4, -0.2) is 11.1 Å². The van der Waals surface area contributed by atoms with E-state index in [0.717, 1.165) is 25.7 Å². The maximum atomic E-state index is 2.70. The Morgan fingerprint density at radius 2 is 0.772 bits per heavy atom. The minimum atomic E-state index is -0.575. The molecule has 6 aliphatic rings. The molecule has 0 saturated heterocycles. The van der Waals surface area contributed by atoms with Gasteiger partial charge in [0, 0.05) is 33.6 Å². The lowest BCUT2D eigenvalue weighted by atomic mass is 9.69. The summed E-state index contributed by atoms with van der Waals surface area (Å²) in [5.41, 5.74) is 23.9. The van der Waals surface area contributed by atoms with Crippen LogP contribution in [-0.2, 0) is 16.2 Å². The molecular weight excluding hydrogens is 953 g/mol. The zero-order valence-corrected chi connectivity index (χ0v) is 46.9. The normalized spacial score (nSPS) is 25.9. The summed E-state index contributed by atoms with van der Waals surface area (Å²) < 4.78 is 0. The van der Waals surface area contributed by atoms with Crippen LogP contribution < -0.4 is 9.80 Å². The van der Waals surface area contributed by atoms with Gasteiger partial charge in [-0.05, 0) is 227 Å². The second kappa shape index (κ2) is 14.8. The largest absolute Gasteiger partial charge is 0.334 e. The van der Waals surface area contributed by atoms with Crippen LogP contribution in [0.2, 0.25) is 0 Å². The van der Waals surface area contributed by atoms with E-state index in [0.29, 0.717) is 0 Å². The van der Waals surface area contributed by atoms with Crippen LogP contribution in [0.1, 0.15) is 114 Å². The van der Waals surface area contributed by atoms with Crippen molar-refractivity contribution in [3.63, 3.8) is 0 Å². The Labute approximate surface area is 465 Å². The molecule has 2 heterocycles. The van der Waals surface area contributed by atoms with Gasteiger partial charge in [-0.1, -0.05) is 181 Å². The number of rotatable bonds is 4. The molecule has 2 heteroatoms. The molecule has 2 aliphatic heterocycles. The first-order chi connectivity index (χ1) is 38.1. The van der Waals surface area contributed by atoms with Crippen molar-refractivity contribution in [3.05, 3.63) is 240 Å². The first-order valence-corrected chi connectivity index (χ1v) is 29.2. The zero-order valence-electron chi connectivity index (χ0n) is 46.9. The number of benzene rings is 11. The third kappa shape index (κ3) is 5.58. The van der Waals surface area contributed by atoms with Crippen molar-refractivity contribution in [2.75, 3.05) is 9.80 Å². The van der Waals surface area contributed by atoms with E-state index in [-0.39, 0.29) is 32.7 Å². The molecule has 0 N–H and O–H groups in total. The molecule has 4 atom stereocenters. The Balaban J connectivity index is 0.902. The van der Waals surface area contributed by atoms with E-state index in [2.05, 4.69) is 271 Å². The van der Waals surface area contributed by atoms with Gasteiger partial charge >= 0.3 is 0 Å². The molecule has 0 bridgehead atoms. The lowest BCUT2D eigenvalue weighted by Gasteiger charge is -2.42. The number of anilines is 4. The van der Waals surface area contributed by atoms with E-state index < -0.39 is 5.41 Å². The molecule has 2 nitrogen and oxygen atoms in total. The van der Waals surface area contributed by atoms with Crippen LogP contribution in [0.4, 0.5) is 22.7 Å². The maximum absolute atomic E-state index is 2.70. The quantitative estimate of drug-likeness (QED) is 0.162. The van der Waals surface area contributed by atoms with Crippen molar-refractivity contribution < 1.29 is 0 Å². The van der Waals surface area contributed by atoms with Crippen molar-refractivity contribution in [2.24, 2.45) is 10.8 Å². The highest BCUT2D eigenvalue weighted by atomic mass is 15.3. The molecule has 4 unspecified atom stereocenters. The monoisotopic (exact) mass is 1020 g/mol. The smallest absolute Gasteiger partial charge is 0.0726 e. The Morgan fingerprint density at radius 3 is 1.30 bits per heavy atom. The molecule has 79 heavy (non-hydrogen) atoms. The number of hydrogen-bond acceptors (Lipinski definition) is 2. The van der Waals surface area contributed by atoms with Crippen molar-refractivity contribution in [3.8, 4) is 44.5 Å². The van der Waals surface area contributed by atoms with Gasteiger partial charge in [-0.3, -0.25) is 0 Å². The summed E-state index contributed by atoms with van der Waals surface area (Å²) in [5.74, 6) is 0. The van der Waals surface area contributed by atoms with Gasteiger partial charge in [-0.2, -0.15) is 0 Å². The summed E-state index contributed by atoms with van der Waals surface area (Å²) in [6, 6.07) is 80.8. The summed E-state index contributed by atoms with van der Waals surface area (Å²) in [7, 11) is 0. The fourth-order valence-electron chi connectivity index (χ4n) is 19.2. The number of hydrogen-bond donors (Lipinski definition) is 0. The first-order valence-electron chi connectivity index (χ1n) is 29.2. The molecule has 2 saturated carbocycles. The Bertz CT molecular complexity index is 4270. The Hall–Kier alpha value is -7.94. The summed E-state index contributed by atoms with van der Waals surface area (Å²) in [6.07, 6.45) is 4.55. The second-order valence-corrected chi connectivity index (χ2v) is 27.5. The van der Waals surface area contributed by atoms with Gasteiger partial charge in [0.2, 0.25) is 0 Å². The van der Waals surface area contributed by atoms with Crippen LogP contribution >= 0.6 is 0 Å². The number of fused-ring (bicyclic) bond motifs is 17. The van der Waals surface area contributed by atoms with Crippen molar-refractivity contribution in [1.29, 1.82) is 0 Å². The maximum Gasteiger partial charge on any atom is 0.0726 e. The molecule has 0 amide bonds. The highest BCUT2D eigenvalue weighted by molar-refractivity contribution is 6.27. The molecule has 4 aliphatic carbocycles. The van der Waals surface area contributed by atoms with Gasteiger partial charge < -0.3 is 9.80 Å². The van der Waals surface area contributed by atoms with Gasteiger partial charge in [0.25, 0.3) is 0 Å². The predicted octanol–water partition coefficient (Wildman–Crippen LogP) is 20.2. The fraction of sp³-hybridized carbons (Fsp3) is 0.247. The lowest BCUT2D eigenvalue weighted by Crippen LogP contribution is -2.49. The molecule has 0 radical (unpaired) electrons. The third-order valence-corrected chi connectivity index (χ3v) is 21.8. The average molecular weight is 1020 g/mol. The van der Waals surface area contributed by atoms with Crippen LogP contribution in [0.15, 0.2) is 206 Å². The Morgan fingerprint density at radius 1 is 0.316 bits per heavy atom.